The zero-order valence-corrected chi connectivity index (χ0v) is 11.8. The monoisotopic (exact) mass is 304 g/mol. The molecule has 0 fully saturated rings. The molecule has 4 N–H and O–H groups in total. The number of anilines is 2. The molecule has 1 heterocycles. The molecule has 0 unspecified atom stereocenters. The van der Waals surface area contributed by atoms with Crippen LogP contribution in [0.25, 0.3) is 0 Å². The van der Waals surface area contributed by atoms with Gasteiger partial charge in [-0.05, 0) is 0 Å². The molecule has 11 heteroatoms. The SMILES string of the molecule is CN(C)S(=O)(=O)CCNc1cc([N+](=O)[O-])cc(NN)n1. The lowest BCUT2D eigenvalue weighted by Crippen LogP contribution is -2.28. The molecule has 0 atom stereocenters. The van der Waals surface area contributed by atoms with Crippen molar-refractivity contribution in [3.63, 3.8) is 0 Å². The van der Waals surface area contributed by atoms with Crippen molar-refractivity contribution in [2.75, 3.05) is 37.1 Å². The van der Waals surface area contributed by atoms with Gasteiger partial charge < -0.3 is 10.7 Å². The maximum absolute atomic E-state index is 11.5. The average Bonchev–Trinajstić information content (AvgIpc) is 2.37. The fraction of sp³-hybridized carbons (Fsp3) is 0.444. The number of hydrogen-bond donors (Lipinski definition) is 3. The van der Waals surface area contributed by atoms with Gasteiger partial charge in [-0.2, -0.15) is 0 Å². The number of nitrogens with two attached hydrogens (primary N) is 1. The van der Waals surface area contributed by atoms with Gasteiger partial charge in [0.1, 0.15) is 11.6 Å². The number of sulfonamides is 1. The number of nitro groups is 1. The molecule has 112 valence electrons. The van der Waals surface area contributed by atoms with E-state index >= 15 is 0 Å². The van der Waals surface area contributed by atoms with Gasteiger partial charge in [0, 0.05) is 20.6 Å². The van der Waals surface area contributed by atoms with Crippen molar-refractivity contribution >= 4 is 27.3 Å². The Bertz CT molecular complexity index is 588. The van der Waals surface area contributed by atoms with E-state index in [0.717, 1.165) is 4.31 Å². The molecule has 0 amide bonds. The highest BCUT2D eigenvalue weighted by molar-refractivity contribution is 7.89. The van der Waals surface area contributed by atoms with Gasteiger partial charge in [0.15, 0.2) is 0 Å². The molecule has 0 aliphatic rings. The summed E-state index contributed by atoms with van der Waals surface area (Å²) in [6, 6.07) is 2.37. The van der Waals surface area contributed by atoms with Gasteiger partial charge >= 0.3 is 0 Å². The largest absolute Gasteiger partial charge is 0.369 e. The number of aromatic nitrogens is 1. The van der Waals surface area contributed by atoms with Crippen LogP contribution in [0.5, 0.6) is 0 Å². The van der Waals surface area contributed by atoms with Gasteiger partial charge in [-0.15, -0.1) is 0 Å². The summed E-state index contributed by atoms with van der Waals surface area (Å²) in [5.74, 6) is 5.28. The number of hydrazine groups is 1. The number of rotatable bonds is 7. The molecule has 0 radical (unpaired) electrons. The Balaban J connectivity index is 2.78. The Labute approximate surface area is 116 Å². The standard InChI is InChI=1S/C9H16N6O4S/c1-14(2)20(18,19)4-3-11-8-5-7(15(16)17)6-9(12-8)13-10/h5-6H,3-4,10H2,1-2H3,(H2,11,12,13). The average molecular weight is 304 g/mol. The van der Waals surface area contributed by atoms with Gasteiger partial charge in [0.25, 0.3) is 5.69 Å². The van der Waals surface area contributed by atoms with Crippen LogP contribution in [-0.2, 0) is 10.0 Å². The number of nitrogen functional groups attached to an aromatic ring is 1. The van der Waals surface area contributed by atoms with Crippen LogP contribution in [0.1, 0.15) is 0 Å². The molecule has 20 heavy (non-hydrogen) atoms. The second-order valence-electron chi connectivity index (χ2n) is 4.02. The molecule has 0 saturated heterocycles. The van der Waals surface area contributed by atoms with Crippen molar-refractivity contribution in [2.24, 2.45) is 5.84 Å². The van der Waals surface area contributed by atoms with Crippen LogP contribution >= 0.6 is 0 Å². The lowest BCUT2D eigenvalue weighted by molar-refractivity contribution is -0.384. The minimum atomic E-state index is -3.34. The number of hydrogen-bond acceptors (Lipinski definition) is 8. The molecule has 0 aromatic carbocycles. The Hall–Kier alpha value is -1.98. The minimum Gasteiger partial charge on any atom is -0.369 e. The van der Waals surface area contributed by atoms with Crippen LogP contribution in [0.2, 0.25) is 0 Å². The van der Waals surface area contributed by atoms with Crippen molar-refractivity contribution < 1.29 is 13.3 Å². The minimum absolute atomic E-state index is 0.0681. The lowest BCUT2D eigenvalue weighted by atomic mass is 10.3. The van der Waals surface area contributed by atoms with Gasteiger partial charge in [0.05, 0.1) is 22.8 Å². The first-order valence-electron chi connectivity index (χ1n) is 5.53. The van der Waals surface area contributed by atoms with Gasteiger partial charge in [0.2, 0.25) is 10.0 Å². The summed E-state index contributed by atoms with van der Waals surface area (Å²) < 4.78 is 24.2. The fourth-order valence-electron chi connectivity index (χ4n) is 1.28. The number of pyridine rings is 1. The summed E-state index contributed by atoms with van der Waals surface area (Å²) in [5, 5.41) is 13.4. The van der Waals surface area contributed by atoms with E-state index in [2.05, 4.69) is 15.7 Å². The van der Waals surface area contributed by atoms with E-state index in [-0.39, 0.29) is 29.6 Å². The highest BCUT2D eigenvalue weighted by Crippen LogP contribution is 2.19. The summed E-state index contributed by atoms with van der Waals surface area (Å²) >= 11 is 0. The van der Waals surface area contributed by atoms with Crippen molar-refractivity contribution in [2.45, 2.75) is 0 Å². The lowest BCUT2D eigenvalue weighted by Gasteiger charge is -2.12. The smallest absolute Gasteiger partial charge is 0.276 e. The quantitative estimate of drug-likeness (QED) is 0.350. The zero-order chi connectivity index (χ0) is 15.3. The predicted molar refractivity (Wildman–Crippen MR) is 74.7 cm³/mol. The van der Waals surface area contributed by atoms with E-state index in [0.29, 0.717) is 0 Å². The fourth-order valence-corrected chi connectivity index (χ4v) is 2.00. The maximum Gasteiger partial charge on any atom is 0.276 e. The molecule has 0 saturated carbocycles. The highest BCUT2D eigenvalue weighted by Gasteiger charge is 2.14. The molecule has 0 spiro atoms. The summed E-state index contributed by atoms with van der Waals surface area (Å²) in [4.78, 5) is 14.1. The Morgan fingerprint density at radius 3 is 2.50 bits per heavy atom. The maximum atomic E-state index is 11.5. The van der Waals surface area contributed by atoms with E-state index in [9.17, 15) is 18.5 Å². The Kier molecular flexibility index (Phi) is 5.19. The van der Waals surface area contributed by atoms with E-state index in [1.807, 2.05) is 0 Å². The highest BCUT2D eigenvalue weighted by atomic mass is 32.2. The topological polar surface area (TPSA) is 143 Å². The van der Waals surface area contributed by atoms with Crippen molar-refractivity contribution in [3.05, 3.63) is 22.2 Å². The van der Waals surface area contributed by atoms with Gasteiger partial charge in [-0.3, -0.25) is 10.1 Å². The van der Waals surface area contributed by atoms with Crippen LogP contribution in [0.15, 0.2) is 12.1 Å². The molecule has 1 aromatic rings. The molecule has 0 aliphatic carbocycles. The molecule has 1 rings (SSSR count). The first-order valence-corrected chi connectivity index (χ1v) is 7.14. The summed E-state index contributed by atoms with van der Waals surface area (Å²) in [5.41, 5.74) is 2.00. The second kappa shape index (κ2) is 6.45. The van der Waals surface area contributed by atoms with Gasteiger partial charge in [-0.1, -0.05) is 0 Å². The third kappa shape index (κ3) is 4.29. The van der Waals surface area contributed by atoms with E-state index < -0.39 is 14.9 Å². The van der Waals surface area contributed by atoms with E-state index in [1.165, 1.54) is 26.2 Å². The molecule has 0 bridgehead atoms. The summed E-state index contributed by atoms with van der Waals surface area (Å²) in [6.07, 6.45) is 0. The van der Waals surface area contributed by atoms with E-state index in [1.54, 1.807) is 0 Å². The first-order chi connectivity index (χ1) is 9.26. The molecule has 1 aromatic heterocycles. The van der Waals surface area contributed by atoms with Gasteiger partial charge in [-0.25, -0.2) is 23.5 Å². The predicted octanol–water partition coefficient (Wildman–Crippen LogP) is -0.421. The van der Waals surface area contributed by atoms with E-state index in [4.69, 9.17) is 5.84 Å². The third-order valence-corrected chi connectivity index (χ3v) is 4.22. The molecule has 10 nitrogen and oxygen atoms in total. The van der Waals surface area contributed by atoms with Crippen molar-refractivity contribution in [3.8, 4) is 0 Å². The van der Waals surface area contributed by atoms with Crippen molar-refractivity contribution in [1.82, 2.24) is 9.29 Å². The van der Waals surface area contributed by atoms with Crippen LogP contribution in [0.3, 0.4) is 0 Å². The zero-order valence-electron chi connectivity index (χ0n) is 11.0. The van der Waals surface area contributed by atoms with Crippen LogP contribution in [-0.4, -0.2) is 49.0 Å². The number of nitrogens with zero attached hydrogens (tertiary/aromatic N) is 3. The third-order valence-electron chi connectivity index (χ3n) is 2.39. The van der Waals surface area contributed by atoms with Crippen molar-refractivity contribution in [1.29, 1.82) is 0 Å². The van der Waals surface area contributed by atoms with Crippen LogP contribution in [0, 0.1) is 10.1 Å². The first kappa shape index (κ1) is 16.1. The Morgan fingerprint density at radius 2 is 2.00 bits per heavy atom. The number of nitrogens with one attached hydrogen (secondary N) is 2. The normalized spacial score (nSPS) is 11.4. The molecule has 0 aliphatic heterocycles. The molecular weight excluding hydrogens is 288 g/mol. The second-order valence-corrected chi connectivity index (χ2v) is 6.32. The molecular formula is C9H16N6O4S. The summed E-state index contributed by atoms with van der Waals surface area (Å²) in [7, 11) is -0.486. The summed E-state index contributed by atoms with van der Waals surface area (Å²) in [6.45, 7) is 0.0681. The van der Waals surface area contributed by atoms with Crippen LogP contribution in [0.4, 0.5) is 17.3 Å². The Morgan fingerprint density at radius 1 is 1.40 bits per heavy atom. The van der Waals surface area contributed by atoms with Crippen LogP contribution < -0.4 is 16.6 Å².